The first-order chi connectivity index (χ1) is 10.5. The van der Waals surface area contributed by atoms with E-state index in [1.54, 1.807) is 0 Å². The maximum absolute atomic E-state index is 10.1. The molecule has 1 N–H and O–H groups in total. The molecule has 0 aromatic heterocycles. The van der Waals surface area contributed by atoms with Crippen molar-refractivity contribution >= 4 is 0 Å². The SMILES string of the molecule is C=C=C1CCC2C3CCC4CC(O)CC[C@]4(C)C3CC[C@]12C. The van der Waals surface area contributed by atoms with E-state index in [9.17, 15) is 5.11 Å². The molecule has 0 amide bonds. The van der Waals surface area contributed by atoms with Crippen LogP contribution in [0.5, 0.6) is 0 Å². The van der Waals surface area contributed by atoms with Crippen molar-refractivity contribution in [3.05, 3.63) is 17.9 Å². The molecule has 0 heterocycles. The van der Waals surface area contributed by atoms with Gasteiger partial charge < -0.3 is 5.11 Å². The van der Waals surface area contributed by atoms with Crippen molar-refractivity contribution in [2.24, 2.45) is 34.5 Å². The van der Waals surface area contributed by atoms with Gasteiger partial charge in [-0.15, -0.1) is 5.73 Å². The molecule has 7 atom stereocenters. The summed E-state index contributed by atoms with van der Waals surface area (Å²) in [5.74, 6) is 3.47. The molecule has 0 aliphatic heterocycles. The Morgan fingerprint density at radius 2 is 1.86 bits per heavy atom. The van der Waals surface area contributed by atoms with Crippen molar-refractivity contribution in [1.82, 2.24) is 0 Å². The van der Waals surface area contributed by atoms with Crippen molar-refractivity contribution in [3.8, 4) is 0 Å². The van der Waals surface area contributed by atoms with E-state index in [1.165, 1.54) is 50.5 Å². The van der Waals surface area contributed by atoms with Crippen LogP contribution >= 0.6 is 0 Å². The van der Waals surface area contributed by atoms with Crippen LogP contribution in [-0.4, -0.2) is 11.2 Å². The van der Waals surface area contributed by atoms with Crippen LogP contribution in [0, 0.1) is 34.5 Å². The Labute approximate surface area is 135 Å². The molecule has 0 aromatic carbocycles. The second-order valence-electron chi connectivity index (χ2n) is 9.24. The van der Waals surface area contributed by atoms with E-state index in [-0.39, 0.29) is 6.10 Å². The van der Waals surface area contributed by atoms with Gasteiger partial charge in [-0.25, -0.2) is 0 Å². The lowest BCUT2D eigenvalue weighted by Crippen LogP contribution is -2.53. The second kappa shape index (κ2) is 4.99. The lowest BCUT2D eigenvalue weighted by Gasteiger charge is -2.60. The molecule has 0 saturated heterocycles. The third kappa shape index (κ3) is 1.88. The minimum atomic E-state index is -0.0229. The smallest absolute Gasteiger partial charge is 0.0543 e. The highest BCUT2D eigenvalue weighted by molar-refractivity contribution is 5.23. The van der Waals surface area contributed by atoms with E-state index in [0.717, 1.165) is 36.5 Å². The van der Waals surface area contributed by atoms with E-state index in [4.69, 9.17) is 0 Å². The third-order valence-corrected chi connectivity index (χ3v) is 8.64. The van der Waals surface area contributed by atoms with Crippen LogP contribution in [0.1, 0.15) is 71.6 Å². The largest absolute Gasteiger partial charge is 0.393 e. The van der Waals surface area contributed by atoms with Crippen LogP contribution in [-0.2, 0) is 0 Å². The summed E-state index contributed by atoms with van der Waals surface area (Å²) in [7, 11) is 0. The quantitative estimate of drug-likeness (QED) is 0.617. The van der Waals surface area contributed by atoms with Gasteiger partial charge in [-0.3, -0.25) is 0 Å². The van der Waals surface area contributed by atoms with Gasteiger partial charge in [-0.2, -0.15) is 0 Å². The minimum absolute atomic E-state index is 0.0229. The van der Waals surface area contributed by atoms with Crippen LogP contribution in [0.4, 0.5) is 0 Å². The zero-order valence-electron chi connectivity index (χ0n) is 14.4. The molecular weight excluding hydrogens is 268 g/mol. The second-order valence-corrected chi connectivity index (χ2v) is 9.24. The summed E-state index contributed by atoms with van der Waals surface area (Å²) >= 11 is 0. The predicted molar refractivity (Wildman–Crippen MR) is 90.4 cm³/mol. The molecule has 122 valence electrons. The lowest BCUT2D eigenvalue weighted by molar-refractivity contribution is -0.116. The Bertz CT molecular complexity index is 516. The van der Waals surface area contributed by atoms with E-state index >= 15 is 0 Å². The van der Waals surface area contributed by atoms with E-state index in [2.05, 4.69) is 26.2 Å². The monoisotopic (exact) mass is 300 g/mol. The van der Waals surface area contributed by atoms with E-state index in [0.29, 0.717) is 10.8 Å². The van der Waals surface area contributed by atoms with Crippen LogP contribution in [0.15, 0.2) is 17.9 Å². The van der Waals surface area contributed by atoms with Crippen molar-refractivity contribution in [2.75, 3.05) is 0 Å². The maximum Gasteiger partial charge on any atom is 0.0543 e. The number of allylic oxidation sites excluding steroid dienone is 1. The summed E-state index contributed by atoms with van der Waals surface area (Å²) in [5.41, 5.74) is 5.74. The average Bonchev–Trinajstić information content (AvgIpc) is 2.84. The number of rotatable bonds is 0. The average molecular weight is 300 g/mol. The molecule has 4 saturated carbocycles. The van der Waals surface area contributed by atoms with E-state index in [1.807, 2.05) is 0 Å². The van der Waals surface area contributed by atoms with Crippen molar-refractivity contribution in [2.45, 2.75) is 77.7 Å². The number of aliphatic hydroxyl groups excluding tert-OH is 1. The fraction of sp³-hybridized carbons (Fsp3) is 0.857. The number of aliphatic hydroxyl groups is 1. The normalized spacial score (nSPS) is 54.1. The van der Waals surface area contributed by atoms with Gasteiger partial charge in [0.15, 0.2) is 0 Å². The predicted octanol–water partition coefficient (Wildman–Crippen LogP) is 5.10. The zero-order chi connectivity index (χ0) is 15.5. The van der Waals surface area contributed by atoms with Crippen LogP contribution in [0.2, 0.25) is 0 Å². The van der Waals surface area contributed by atoms with Gasteiger partial charge in [0.05, 0.1) is 6.10 Å². The summed E-state index contributed by atoms with van der Waals surface area (Å²) in [6.45, 7) is 9.06. The van der Waals surface area contributed by atoms with Gasteiger partial charge in [0.2, 0.25) is 0 Å². The van der Waals surface area contributed by atoms with Crippen molar-refractivity contribution in [1.29, 1.82) is 0 Å². The minimum Gasteiger partial charge on any atom is -0.393 e. The summed E-state index contributed by atoms with van der Waals surface area (Å²) in [5, 5.41) is 10.1. The fourth-order valence-electron chi connectivity index (χ4n) is 7.34. The van der Waals surface area contributed by atoms with Gasteiger partial charge in [0.25, 0.3) is 0 Å². The number of hydrogen-bond donors (Lipinski definition) is 1. The van der Waals surface area contributed by atoms with Crippen LogP contribution in [0.3, 0.4) is 0 Å². The highest BCUT2D eigenvalue weighted by Crippen LogP contribution is 2.67. The third-order valence-electron chi connectivity index (χ3n) is 8.64. The number of hydrogen-bond acceptors (Lipinski definition) is 1. The first kappa shape index (κ1) is 15.0. The Kier molecular flexibility index (Phi) is 3.41. The topological polar surface area (TPSA) is 20.2 Å². The van der Waals surface area contributed by atoms with E-state index < -0.39 is 0 Å². The molecule has 22 heavy (non-hydrogen) atoms. The number of fused-ring (bicyclic) bond motifs is 5. The standard InChI is InChI=1S/C21H32O/c1-4-14-6-8-18-17-7-5-15-13-16(22)9-11-21(15,3)19(17)10-12-20(14,18)2/h15-19,22H,1,5-13H2,2-3H3/t15?,16?,17?,18?,19?,20-,21+/m1/s1. The summed E-state index contributed by atoms with van der Waals surface area (Å²) in [6, 6.07) is 0. The van der Waals surface area contributed by atoms with Gasteiger partial charge in [-0.1, -0.05) is 20.4 Å². The lowest BCUT2D eigenvalue weighted by atomic mass is 9.45. The summed E-state index contributed by atoms with van der Waals surface area (Å²) in [4.78, 5) is 0. The van der Waals surface area contributed by atoms with Gasteiger partial charge >= 0.3 is 0 Å². The Hall–Kier alpha value is -0.520. The molecule has 0 bridgehead atoms. The van der Waals surface area contributed by atoms with Crippen molar-refractivity contribution < 1.29 is 5.11 Å². The molecule has 4 fully saturated rings. The van der Waals surface area contributed by atoms with Gasteiger partial charge in [-0.05, 0) is 97.9 Å². The molecule has 0 spiro atoms. The molecule has 4 aliphatic carbocycles. The fourth-order valence-corrected chi connectivity index (χ4v) is 7.34. The Morgan fingerprint density at radius 1 is 1.05 bits per heavy atom. The first-order valence-electron chi connectivity index (χ1n) is 9.56. The van der Waals surface area contributed by atoms with Crippen molar-refractivity contribution in [3.63, 3.8) is 0 Å². The molecule has 1 nitrogen and oxygen atoms in total. The Morgan fingerprint density at radius 3 is 2.64 bits per heavy atom. The zero-order valence-corrected chi connectivity index (χ0v) is 14.4. The van der Waals surface area contributed by atoms with Gasteiger partial charge in [0.1, 0.15) is 0 Å². The molecule has 0 radical (unpaired) electrons. The summed E-state index contributed by atoms with van der Waals surface area (Å²) in [6.07, 6.45) is 11.5. The molecule has 0 aromatic rings. The molecule has 4 rings (SSSR count). The van der Waals surface area contributed by atoms with Crippen LogP contribution < -0.4 is 0 Å². The highest BCUT2D eigenvalue weighted by atomic mass is 16.3. The van der Waals surface area contributed by atoms with Gasteiger partial charge in [0, 0.05) is 0 Å². The first-order valence-corrected chi connectivity index (χ1v) is 9.56. The molecule has 4 aliphatic rings. The van der Waals surface area contributed by atoms with Crippen LogP contribution in [0.25, 0.3) is 0 Å². The molecular formula is C21H32O. The molecule has 1 heteroatoms. The highest BCUT2D eigenvalue weighted by Gasteiger charge is 2.58. The maximum atomic E-state index is 10.1. The molecule has 5 unspecified atom stereocenters. The Balaban J connectivity index is 1.65. The summed E-state index contributed by atoms with van der Waals surface area (Å²) < 4.78 is 0.